The quantitative estimate of drug-likeness (QED) is 0.468. The minimum Gasteiger partial charge on any atom is -0.508 e. The van der Waals surface area contributed by atoms with E-state index in [9.17, 15) is 25.2 Å². The molecule has 0 saturated heterocycles. The van der Waals surface area contributed by atoms with E-state index < -0.39 is 23.2 Å². The molecule has 1 aliphatic heterocycles. The highest BCUT2D eigenvalue weighted by Crippen LogP contribution is 2.45. The van der Waals surface area contributed by atoms with Crippen molar-refractivity contribution in [3.8, 4) is 34.3 Å². The number of phenols is 3. The molecule has 0 unspecified atom stereocenters. The lowest BCUT2D eigenvalue weighted by Gasteiger charge is -2.24. The minimum absolute atomic E-state index is 0.00343. The zero-order valence-electron chi connectivity index (χ0n) is 11.5. The van der Waals surface area contributed by atoms with Crippen LogP contribution >= 0.6 is 0 Å². The molecule has 7 nitrogen and oxygen atoms in total. The molecule has 3 aromatic rings. The Morgan fingerprint density at radius 3 is 2.52 bits per heavy atom. The summed E-state index contributed by atoms with van der Waals surface area (Å²) in [6, 6.07) is 6.30. The van der Waals surface area contributed by atoms with E-state index in [2.05, 4.69) is 0 Å². The standard InChI is InChI=1S/C16H10O7/c17-6-1-2-7-12(3-6)22-14-8-4-10(18)11(19)5-9(8)16(21)23-15(14)13(7)20/h1-5,16-19,21H/t16-/m0/s1. The van der Waals surface area contributed by atoms with Crippen molar-refractivity contribution in [3.05, 3.63) is 46.1 Å². The molecule has 0 radical (unpaired) electrons. The number of hydrogen-bond acceptors (Lipinski definition) is 7. The summed E-state index contributed by atoms with van der Waals surface area (Å²) in [5.41, 5.74) is -0.0161. The van der Waals surface area contributed by atoms with E-state index in [1.165, 1.54) is 24.3 Å². The number of aliphatic hydroxyl groups excluding tert-OH is 1. The fourth-order valence-corrected chi connectivity index (χ4v) is 2.62. The Kier molecular flexibility index (Phi) is 2.58. The Bertz CT molecular complexity index is 1020. The molecule has 1 atom stereocenters. The summed E-state index contributed by atoms with van der Waals surface area (Å²) < 4.78 is 10.8. The van der Waals surface area contributed by atoms with Gasteiger partial charge < -0.3 is 29.6 Å². The number of ether oxygens (including phenoxy) is 1. The molecule has 0 spiro atoms. The third-order valence-corrected chi connectivity index (χ3v) is 3.72. The van der Waals surface area contributed by atoms with E-state index in [-0.39, 0.29) is 39.4 Å². The first-order valence-corrected chi connectivity index (χ1v) is 6.66. The van der Waals surface area contributed by atoms with Crippen molar-refractivity contribution < 1.29 is 29.6 Å². The van der Waals surface area contributed by atoms with Crippen LogP contribution in [0.5, 0.6) is 23.0 Å². The van der Waals surface area contributed by atoms with Crippen LogP contribution in [0.4, 0.5) is 0 Å². The second-order valence-electron chi connectivity index (χ2n) is 5.17. The number of rotatable bonds is 0. The fourth-order valence-electron chi connectivity index (χ4n) is 2.62. The summed E-state index contributed by atoms with van der Waals surface area (Å²) in [6.45, 7) is 0. The van der Waals surface area contributed by atoms with Crippen LogP contribution in [0.15, 0.2) is 39.5 Å². The second kappa shape index (κ2) is 4.40. The van der Waals surface area contributed by atoms with Crippen molar-refractivity contribution in [3.63, 3.8) is 0 Å². The molecular formula is C16H10O7. The molecule has 0 amide bonds. The van der Waals surface area contributed by atoms with Crippen LogP contribution in [0.2, 0.25) is 0 Å². The van der Waals surface area contributed by atoms with Crippen molar-refractivity contribution in [1.29, 1.82) is 0 Å². The highest BCUT2D eigenvalue weighted by atomic mass is 16.6. The normalized spacial score (nSPS) is 15.8. The third-order valence-electron chi connectivity index (χ3n) is 3.72. The minimum atomic E-state index is -1.48. The Hall–Kier alpha value is -3.19. The molecule has 116 valence electrons. The van der Waals surface area contributed by atoms with Gasteiger partial charge in [0.1, 0.15) is 11.3 Å². The van der Waals surface area contributed by atoms with Gasteiger partial charge >= 0.3 is 0 Å². The van der Waals surface area contributed by atoms with Gasteiger partial charge in [-0.05, 0) is 24.3 Å². The van der Waals surface area contributed by atoms with Gasteiger partial charge in [-0.3, -0.25) is 4.79 Å². The lowest BCUT2D eigenvalue weighted by atomic mass is 9.99. The average Bonchev–Trinajstić information content (AvgIpc) is 2.51. The number of hydrogen-bond donors (Lipinski definition) is 4. The van der Waals surface area contributed by atoms with E-state index in [1.807, 2.05) is 0 Å². The number of benzene rings is 2. The zero-order valence-corrected chi connectivity index (χ0v) is 11.5. The van der Waals surface area contributed by atoms with E-state index >= 15 is 0 Å². The van der Waals surface area contributed by atoms with Crippen molar-refractivity contribution in [2.45, 2.75) is 6.29 Å². The highest BCUT2D eigenvalue weighted by molar-refractivity contribution is 5.84. The van der Waals surface area contributed by atoms with Crippen LogP contribution in [0, 0.1) is 0 Å². The Labute approximate surface area is 128 Å². The highest BCUT2D eigenvalue weighted by Gasteiger charge is 2.31. The van der Waals surface area contributed by atoms with Crippen LogP contribution in [-0.4, -0.2) is 20.4 Å². The van der Waals surface area contributed by atoms with E-state index in [4.69, 9.17) is 9.15 Å². The topological polar surface area (TPSA) is 120 Å². The smallest absolute Gasteiger partial charge is 0.235 e. The first-order chi connectivity index (χ1) is 11.0. The van der Waals surface area contributed by atoms with Gasteiger partial charge in [-0.15, -0.1) is 0 Å². The van der Waals surface area contributed by atoms with Crippen molar-refractivity contribution >= 4 is 11.0 Å². The molecule has 4 rings (SSSR count). The van der Waals surface area contributed by atoms with Crippen LogP contribution < -0.4 is 10.2 Å². The molecule has 0 bridgehead atoms. The Morgan fingerprint density at radius 1 is 1.00 bits per heavy atom. The average molecular weight is 314 g/mol. The predicted molar refractivity (Wildman–Crippen MR) is 78.5 cm³/mol. The molecule has 4 N–H and O–H groups in total. The monoisotopic (exact) mass is 314 g/mol. The largest absolute Gasteiger partial charge is 0.508 e. The van der Waals surface area contributed by atoms with Gasteiger partial charge in [0.25, 0.3) is 0 Å². The molecule has 2 aromatic carbocycles. The molecular weight excluding hydrogens is 304 g/mol. The van der Waals surface area contributed by atoms with Gasteiger partial charge in [-0.1, -0.05) is 0 Å². The molecule has 1 aliphatic rings. The Balaban J connectivity index is 2.12. The number of fused-ring (bicyclic) bond motifs is 4. The maximum Gasteiger partial charge on any atom is 0.235 e. The summed E-state index contributed by atoms with van der Waals surface area (Å²) in [4.78, 5) is 12.5. The van der Waals surface area contributed by atoms with Crippen LogP contribution in [-0.2, 0) is 0 Å². The van der Waals surface area contributed by atoms with E-state index in [1.54, 1.807) is 0 Å². The lowest BCUT2D eigenvalue weighted by Crippen LogP contribution is -2.19. The number of aliphatic hydroxyl groups is 1. The summed E-state index contributed by atoms with van der Waals surface area (Å²) in [7, 11) is 0. The lowest BCUT2D eigenvalue weighted by molar-refractivity contribution is -0.0237. The fraction of sp³-hybridized carbons (Fsp3) is 0.0625. The van der Waals surface area contributed by atoms with Crippen molar-refractivity contribution in [1.82, 2.24) is 0 Å². The van der Waals surface area contributed by atoms with Crippen LogP contribution in [0.1, 0.15) is 11.9 Å². The van der Waals surface area contributed by atoms with Gasteiger partial charge in [0.15, 0.2) is 17.3 Å². The maximum atomic E-state index is 12.5. The molecule has 0 saturated carbocycles. The van der Waals surface area contributed by atoms with Crippen molar-refractivity contribution in [2.24, 2.45) is 0 Å². The number of aromatic hydroxyl groups is 3. The third kappa shape index (κ3) is 1.84. The number of phenolic OH excluding ortho intramolecular Hbond substituents is 3. The predicted octanol–water partition coefficient (Wildman–Crippen LogP) is 1.96. The summed E-state index contributed by atoms with van der Waals surface area (Å²) in [6.07, 6.45) is -1.48. The zero-order chi connectivity index (χ0) is 16.3. The Morgan fingerprint density at radius 2 is 1.74 bits per heavy atom. The molecule has 2 heterocycles. The van der Waals surface area contributed by atoms with E-state index in [0.717, 1.165) is 6.07 Å². The second-order valence-corrected chi connectivity index (χ2v) is 5.17. The van der Waals surface area contributed by atoms with Crippen molar-refractivity contribution in [2.75, 3.05) is 0 Å². The summed E-state index contributed by atoms with van der Waals surface area (Å²) >= 11 is 0. The van der Waals surface area contributed by atoms with Gasteiger partial charge in [0, 0.05) is 17.2 Å². The summed E-state index contributed by atoms with van der Waals surface area (Å²) in [5, 5.41) is 39.0. The molecule has 23 heavy (non-hydrogen) atoms. The van der Waals surface area contributed by atoms with E-state index in [0.29, 0.717) is 0 Å². The molecule has 7 heteroatoms. The van der Waals surface area contributed by atoms with Crippen LogP contribution in [0.25, 0.3) is 22.3 Å². The molecule has 0 aliphatic carbocycles. The maximum absolute atomic E-state index is 12.5. The molecule has 1 aromatic heterocycles. The van der Waals surface area contributed by atoms with Crippen LogP contribution in [0.3, 0.4) is 0 Å². The van der Waals surface area contributed by atoms with Gasteiger partial charge in [0.2, 0.25) is 17.5 Å². The van der Waals surface area contributed by atoms with Gasteiger partial charge in [0.05, 0.1) is 5.39 Å². The van der Waals surface area contributed by atoms with Gasteiger partial charge in [-0.2, -0.15) is 0 Å². The SMILES string of the molecule is O=c1c2c(oc3cc(O)ccc13)-c1cc(O)c(O)cc1[C@@H](O)O2. The molecule has 0 fully saturated rings. The summed E-state index contributed by atoms with van der Waals surface area (Å²) in [5.74, 6) is -1.14. The first-order valence-electron chi connectivity index (χ1n) is 6.66. The van der Waals surface area contributed by atoms with Gasteiger partial charge in [-0.25, -0.2) is 0 Å². The first kappa shape index (κ1) is 13.5.